The minimum Gasteiger partial charge on any atom is -0.484 e. The third-order valence-corrected chi connectivity index (χ3v) is 3.11. The van der Waals surface area contributed by atoms with Gasteiger partial charge in [-0.2, -0.15) is 0 Å². The lowest BCUT2D eigenvalue weighted by Gasteiger charge is -2.14. The van der Waals surface area contributed by atoms with Crippen LogP contribution in [0.15, 0.2) is 35.9 Å². The molecule has 1 aromatic rings. The van der Waals surface area contributed by atoms with E-state index in [0.29, 0.717) is 17.3 Å². The van der Waals surface area contributed by atoms with Crippen LogP contribution in [0.5, 0.6) is 5.75 Å². The molecule has 2 N–H and O–H groups in total. The molecule has 0 radical (unpaired) electrons. The van der Waals surface area contributed by atoms with Gasteiger partial charge in [-0.25, -0.2) is 0 Å². The van der Waals surface area contributed by atoms with Crippen LogP contribution in [0.4, 0.5) is 0 Å². The van der Waals surface area contributed by atoms with Crippen molar-refractivity contribution in [2.75, 3.05) is 26.2 Å². The van der Waals surface area contributed by atoms with E-state index in [1.165, 1.54) is 5.57 Å². The summed E-state index contributed by atoms with van der Waals surface area (Å²) in [4.78, 5) is 11.6. The van der Waals surface area contributed by atoms with Crippen LogP contribution in [0.25, 0.3) is 0 Å². The quantitative estimate of drug-likeness (QED) is 0.819. The highest BCUT2D eigenvalue weighted by Gasteiger charge is 2.06. The van der Waals surface area contributed by atoms with Gasteiger partial charge in [-0.3, -0.25) is 4.79 Å². The van der Waals surface area contributed by atoms with Crippen molar-refractivity contribution in [3.8, 4) is 5.75 Å². The number of nitrogens with one attached hydrogen (secondary N) is 2. The number of hydrogen-bond acceptors (Lipinski definition) is 3. The average molecular weight is 317 g/mol. The van der Waals surface area contributed by atoms with Gasteiger partial charge in [-0.1, -0.05) is 23.3 Å². The topological polar surface area (TPSA) is 50.4 Å². The third kappa shape index (κ3) is 5.82. The normalized spacial score (nSPS) is 13.9. The number of ether oxygens (including phenoxy) is 1. The second-order valence-electron chi connectivity index (χ2n) is 4.34. The van der Waals surface area contributed by atoms with Gasteiger partial charge in [0.05, 0.1) is 0 Å². The molecule has 1 amide bonds. The number of rotatable bonds is 5. The van der Waals surface area contributed by atoms with Crippen molar-refractivity contribution in [1.29, 1.82) is 0 Å². The zero-order valence-corrected chi connectivity index (χ0v) is 12.6. The summed E-state index contributed by atoms with van der Waals surface area (Å²) >= 11 is 5.76. The summed E-state index contributed by atoms with van der Waals surface area (Å²) in [5.41, 5.74) is 1.26. The van der Waals surface area contributed by atoms with E-state index in [1.807, 2.05) is 0 Å². The van der Waals surface area contributed by atoms with E-state index in [1.54, 1.807) is 24.3 Å². The van der Waals surface area contributed by atoms with E-state index in [0.717, 1.165) is 19.5 Å². The van der Waals surface area contributed by atoms with E-state index in [4.69, 9.17) is 16.3 Å². The Kier molecular flexibility index (Phi) is 7.44. The summed E-state index contributed by atoms with van der Waals surface area (Å²) in [5.74, 6) is 0.523. The molecule has 4 nitrogen and oxygen atoms in total. The van der Waals surface area contributed by atoms with Gasteiger partial charge >= 0.3 is 0 Å². The Bertz CT molecular complexity index is 461. The molecule has 20 heavy (non-hydrogen) atoms. The van der Waals surface area contributed by atoms with E-state index in [9.17, 15) is 4.79 Å². The molecular formula is C14H18Cl2N2O2. The number of carbonyl (C=O) groups excluding carboxylic acids is 1. The fourth-order valence-electron chi connectivity index (χ4n) is 1.77. The monoisotopic (exact) mass is 316 g/mol. The molecule has 0 saturated heterocycles. The molecule has 110 valence electrons. The fourth-order valence-corrected chi connectivity index (χ4v) is 1.90. The molecule has 0 fully saturated rings. The van der Waals surface area contributed by atoms with E-state index in [2.05, 4.69) is 16.7 Å². The Morgan fingerprint density at radius 1 is 1.35 bits per heavy atom. The van der Waals surface area contributed by atoms with E-state index >= 15 is 0 Å². The minimum absolute atomic E-state index is 0. The molecule has 0 saturated carbocycles. The molecule has 0 aliphatic carbocycles. The Hall–Kier alpha value is -1.23. The maximum Gasteiger partial charge on any atom is 0.258 e. The van der Waals surface area contributed by atoms with Gasteiger partial charge in [0.2, 0.25) is 0 Å². The minimum atomic E-state index is -0.116. The highest BCUT2D eigenvalue weighted by Crippen LogP contribution is 2.15. The van der Waals surface area contributed by atoms with Crippen LogP contribution in [-0.4, -0.2) is 32.1 Å². The zero-order chi connectivity index (χ0) is 13.5. The van der Waals surface area contributed by atoms with Gasteiger partial charge in [0, 0.05) is 18.1 Å². The van der Waals surface area contributed by atoms with Gasteiger partial charge in [-0.05, 0) is 37.2 Å². The molecule has 0 spiro atoms. The average Bonchev–Trinajstić information content (AvgIpc) is 2.45. The van der Waals surface area contributed by atoms with E-state index in [-0.39, 0.29) is 24.9 Å². The summed E-state index contributed by atoms with van der Waals surface area (Å²) in [5, 5.41) is 6.72. The summed E-state index contributed by atoms with van der Waals surface area (Å²) in [6.07, 6.45) is 3.10. The molecule has 2 rings (SSSR count). The van der Waals surface area contributed by atoms with Crippen LogP contribution in [0, 0.1) is 0 Å². The predicted molar refractivity (Wildman–Crippen MR) is 82.8 cm³/mol. The molecule has 1 aliphatic heterocycles. The van der Waals surface area contributed by atoms with Crippen molar-refractivity contribution in [2.45, 2.75) is 6.42 Å². The number of hydrogen-bond donors (Lipinski definition) is 2. The summed E-state index contributed by atoms with van der Waals surface area (Å²) in [7, 11) is 0. The number of halogens is 2. The van der Waals surface area contributed by atoms with E-state index < -0.39 is 0 Å². The molecule has 0 unspecified atom stereocenters. The summed E-state index contributed by atoms with van der Waals surface area (Å²) in [6.45, 7) is 2.48. The lowest BCUT2D eigenvalue weighted by molar-refractivity contribution is -0.122. The van der Waals surface area contributed by atoms with Crippen LogP contribution in [0.2, 0.25) is 5.02 Å². The van der Waals surface area contributed by atoms with Crippen molar-refractivity contribution >= 4 is 29.9 Å². The molecule has 0 atom stereocenters. The van der Waals surface area contributed by atoms with Gasteiger partial charge in [0.15, 0.2) is 6.61 Å². The number of carbonyl (C=O) groups is 1. The van der Waals surface area contributed by atoms with Gasteiger partial charge in [0.25, 0.3) is 5.91 Å². The summed E-state index contributed by atoms with van der Waals surface area (Å²) in [6, 6.07) is 6.94. The largest absolute Gasteiger partial charge is 0.484 e. The first-order valence-corrected chi connectivity index (χ1v) is 6.65. The van der Waals surface area contributed by atoms with Crippen molar-refractivity contribution < 1.29 is 9.53 Å². The first-order valence-electron chi connectivity index (χ1n) is 6.28. The maximum absolute atomic E-state index is 11.6. The molecule has 6 heteroatoms. The highest BCUT2D eigenvalue weighted by atomic mass is 35.5. The summed E-state index contributed by atoms with van der Waals surface area (Å²) < 4.78 is 5.36. The van der Waals surface area contributed by atoms with Crippen LogP contribution in [0.1, 0.15) is 6.42 Å². The number of benzene rings is 1. The maximum atomic E-state index is 11.6. The van der Waals surface area contributed by atoms with Crippen molar-refractivity contribution in [2.24, 2.45) is 0 Å². The SMILES string of the molecule is Cl.O=C(COc1ccc(Cl)cc1)NCC1=CCNCC1. The lowest BCUT2D eigenvalue weighted by Crippen LogP contribution is -2.32. The Labute approximate surface area is 129 Å². The second kappa shape index (κ2) is 8.84. The van der Waals surface area contributed by atoms with Gasteiger partial charge in [0.1, 0.15) is 5.75 Å². The van der Waals surface area contributed by atoms with Crippen LogP contribution < -0.4 is 15.4 Å². The van der Waals surface area contributed by atoms with Gasteiger partial charge < -0.3 is 15.4 Å². The van der Waals surface area contributed by atoms with Crippen LogP contribution >= 0.6 is 24.0 Å². The molecule has 1 aromatic carbocycles. The first kappa shape index (κ1) is 16.8. The van der Waals surface area contributed by atoms with Crippen molar-refractivity contribution in [1.82, 2.24) is 10.6 Å². The third-order valence-electron chi connectivity index (χ3n) is 2.85. The second-order valence-corrected chi connectivity index (χ2v) is 4.77. The molecule has 1 aliphatic rings. The predicted octanol–water partition coefficient (Wildman–Crippen LogP) is 2.18. The lowest BCUT2D eigenvalue weighted by atomic mass is 10.1. The number of amides is 1. The molecular weight excluding hydrogens is 299 g/mol. The fraction of sp³-hybridized carbons (Fsp3) is 0.357. The molecule has 1 heterocycles. The zero-order valence-electron chi connectivity index (χ0n) is 11.0. The molecule has 0 aromatic heterocycles. The standard InChI is InChI=1S/C14H17ClN2O2.ClH/c15-12-1-3-13(4-2-12)19-10-14(18)17-9-11-5-7-16-8-6-11;/h1-5,16H,6-10H2,(H,17,18);1H. The highest BCUT2D eigenvalue weighted by molar-refractivity contribution is 6.30. The smallest absolute Gasteiger partial charge is 0.258 e. The van der Waals surface area contributed by atoms with Gasteiger partial charge in [-0.15, -0.1) is 12.4 Å². The Morgan fingerprint density at radius 2 is 2.10 bits per heavy atom. The first-order chi connectivity index (χ1) is 9.24. The van der Waals surface area contributed by atoms with Crippen LogP contribution in [-0.2, 0) is 4.79 Å². The Balaban J connectivity index is 0.00000200. The van der Waals surface area contributed by atoms with Crippen molar-refractivity contribution in [3.05, 3.63) is 40.9 Å². The van der Waals surface area contributed by atoms with Crippen molar-refractivity contribution in [3.63, 3.8) is 0 Å². The molecule has 0 bridgehead atoms. The van der Waals surface area contributed by atoms with Crippen LogP contribution in [0.3, 0.4) is 0 Å². The Morgan fingerprint density at radius 3 is 2.75 bits per heavy atom.